The number of nitrogens with zero attached hydrogens (tertiary/aromatic N) is 3. The van der Waals surface area contributed by atoms with Crippen LogP contribution in [0.1, 0.15) is 18.4 Å². The van der Waals surface area contributed by atoms with Crippen LogP contribution in [0.4, 0.5) is 10.7 Å². The van der Waals surface area contributed by atoms with Crippen LogP contribution in [0.15, 0.2) is 46.8 Å². The SMILES string of the molecule is CN=C(NCc1ccc(N2CCOCC2)cc1)NC1CCN(c2cccs2)CC1.I. The Balaban J connectivity index is 0.00000256. The molecule has 0 bridgehead atoms. The number of guanidine groups is 1. The van der Waals surface area contributed by atoms with Crippen molar-refractivity contribution >= 4 is 52.0 Å². The van der Waals surface area contributed by atoms with Gasteiger partial charge < -0.3 is 25.2 Å². The van der Waals surface area contributed by atoms with E-state index in [0.717, 1.165) is 64.7 Å². The molecule has 0 atom stereocenters. The fourth-order valence-corrected chi connectivity index (χ4v) is 4.70. The number of ether oxygens (including phenoxy) is 1. The molecule has 0 aliphatic carbocycles. The zero-order valence-electron chi connectivity index (χ0n) is 17.5. The maximum absolute atomic E-state index is 5.44. The molecule has 6 nitrogen and oxygen atoms in total. The maximum Gasteiger partial charge on any atom is 0.191 e. The molecule has 0 spiro atoms. The lowest BCUT2D eigenvalue weighted by molar-refractivity contribution is 0.122. The van der Waals surface area contributed by atoms with Gasteiger partial charge >= 0.3 is 0 Å². The summed E-state index contributed by atoms with van der Waals surface area (Å²) in [4.78, 5) is 9.28. The smallest absolute Gasteiger partial charge is 0.191 e. The molecule has 0 unspecified atom stereocenters. The normalized spacial score (nSPS) is 18.1. The van der Waals surface area contributed by atoms with Gasteiger partial charge in [0.05, 0.1) is 18.2 Å². The lowest BCUT2D eigenvalue weighted by Gasteiger charge is -2.33. The number of halogens is 1. The average molecular weight is 542 g/mol. The first-order valence-electron chi connectivity index (χ1n) is 10.5. The summed E-state index contributed by atoms with van der Waals surface area (Å²) in [6.07, 6.45) is 2.26. The van der Waals surface area contributed by atoms with Gasteiger partial charge in [0.2, 0.25) is 0 Å². The van der Waals surface area contributed by atoms with E-state index in [1.165, 1.54) is 16.3 Å². The third-order valence-electron chi connectivity index (χ3n) is 5.65. The molecule has 1 aromatic carbocycles. The number of anilines is 2. The number of hydrogen-bond acceptors (Lipinski definition) is 5. The molecule has 2 fully saturated rings. The predicted molar refractivity (Wildman–Crippen MR) is 138 cm³/mol. The van der Waals surface area contributed by atoms with Crippen molar-refractivity contribution in [2.24, 2.45) is 4.99 Å². The zero-order chi connectivity index (χ0) is 19.9. The third-order valence-corrected chi connectivity index (χ3v) is 6.58. The summed E-state index contributed by atoms with van der Waals surface area (Å²) in [5.74, 6) is 0.886. The van der Waals surface area contributed by atoms with Crippen molar-refractivity contribution in [1.29, 1.82) is 0 Å². The first kappa shape index (κ1) is 23.1. The topological polar surface area (TPSA) is 52.1 Å². The van der Waals surface area contributed by atoms with Gasteiger partial charge in [-0.1, -0.05) is 12.1 Å². The fraction of sp³-hybridized carbons (Fsp3) is 0.500. The van der Waals surface area contributed by atoms with Gasteiger partial charge in [-0.3, -0.25) is 4.99 Å². The molecule has 1 aromatic heterocycles. The molecule has 0 radical (unpaired) electrons. The number of hydrogen-bond donors (Lipinski definition) is 2. The Labute approximate surface area is 200 Å². The molecule has 164 valence electrons. The van der Waals surface area contributed by atoms with Gasteiger partial charge in [-0.05, 0) is 48.1 Å². The molecule has 2 N–H and O–H groups in total. The zero-order valence-corrected chi connectivity index (χ0v) is 20.7. The van der Waals surface area contributed by atoms with Crippen molar-refractivity contribution in [2.45, 2.75) is 25.4 Å². The van der Waals surface area contributed by atoms with Gasteiger partial charge in [-0.15, -0.1) is 35.3 Å². The minimum absolute atomic E-state index is 0. The average Bonchev–Trinajstić information content (AvgIpc) is 3.33. The maximum atomic E-state index is 5.44. The highest BCUT2D eigenvalue weighted by molar-refractivity contribution is 14.0. The Kier molecular flexibility index (Phi) is 9.07. The summed E-state index contributed by atoms with van der Waals surface area (Å²) in [6.45, 7) is 6.54. The van der Waals surface area contributed by atoms with Crippen LogP contribution >= 0.6 is 35.3 Å². The Bertz CT molecular complexity index is 769. The summed E-state index contributed by atoms with van der Waals surface area (Å²) >= 11 is 1.82. The van der Waals surface area contributed by atoms with Gasteiger partial charge in [0, 0.05) is 51.5 Å². The molecule has 30 heavy (non-hydrogen) atoms. The molecule has 8 heteroatoms. The van der Waals surface area contributed by atoms with Crippen LogP contribution in [-0.4, -0.2) is 58.4 Å². The van der Waals surface area contributed by atoms with Crippen LogP contribution in [0.2, 0.25) is 0 Å². The molecule has 2 aromatic rings. The minimum Gasteiger partial charge on any atom is -0.378 e. The molecule has 0 amide bonds. The van der Waals surface area contributed by atoms with Gasteiger partial charge in [0.25, 0.3) is 0 Å². The Morgan fingerprint density at radius 2 is 1.80 bits per heavy atom. The summed E-state index contributed by atoms with van der Waals surface area (Å²) in [6, 6.07) is 13.6. The second-order valence-corrected chi connectivity index (χ2v) is 8.47. The van der Waals surface area contributed by atoms with Crippen molar-refractivity contribution in [3.8, 4) is 0 Å². The number of rotatable bonds is 5. The molecule has 0 saturated carbocycles. The van der Waals surface area contributed by atoms with E-state index < -0.39 is 0 Å². The summed E-state index contributed by atoms with van der Waals surface area (Å²) in [7, 11) is 1.84. The lowest BCUT2D eigenvalue weighted by atomic mass is 10.1. The van der Waals surface area contributed by atoms with E-state index in [4.69, 9.17) is 4.74 Å². The van der Waals surface area contributed by atoms with Crippen molar-refractivity contribution in [2.75, 3.05) is 56.2 Å². The van der Waals surface area contributed by atoms with Crippen molar-refractivity contribution in [3.05, 3.63) is 47.3 Å². The van der Waals surface area contributed by atoms with Crippen LogP contribution in [0.25, 0.3) is 0 Å². The van der Waals surface area contributed by atoms with Crippen molar-refractivity contribution < 1.29 is 4.74 Å². The number of morpholine rings is 1. The van der Waals surface area contributed by atoms with Crippen molar-refractivity contribution in [3.63, 3.8) is 0 Å². The number of thiophene rings is 1. The van der Waals surface area contributed by atoms with E-state index in [1.54, 1.807) is 0 Å². The summed E-state index contributed by atoms with van der Waals surface area (Å²) in [5.41, 5.74) is 2.54. The molecular formula is C22H32IN5OS. The second-order valence-electron chi connectivity index (χ2n) is 7.55. The monoisotopic (exact) mass is 541 g/mol. The van der Waals surface area contributed by atoms with Crippen LogP contribution in [-0.2, 0) is 11.3 Å². The van der Waals surface area contributed by atoms with E-state index in [0.29, 0.717) is 6.04 Å². The summed E-state index contributed by atoms with van der Waals surface area (Å²) < 4.78 is 5.44. The molecule has 4 rings (SSSR count). The molecular weight excluding hydrogens is 509 g/mol. The quantitative estimate of drug-likeness (QED) is 0.345. The first-order chi connectivity index (χ1) is 14.3. The van der Waals surface area contributed by atoms with E-state index in [-0.39, 0.29) is 24.0 Å². The number of nitrogens with one attached hydrogen (secondary N) is 2. The standard InChI is InChI=1S/C22H31N5OS.HI/c1-23-22(25-19-8-10-27(11-9-19)21-3-2-16-29-21)24-17-18-4-6-20(7-5-18)26-12-14-28-15-13-26;/h2-7,16,19H,8-15,17H2,1H3,(H2,23,24,25);1H. The van der Waals surface area contributed by atoms with Gasteiger partial charge in [-0.25, -0.2) is 0 Å². The molecule has 2 aliphatic heterocycles. The Hall–Kier alpha value is -1.52. The number of benzene rings is 1. The molecule has 2 aliphatic rings. The van der Waals surface area contributed by atoms with Crippen LogP contribution in [0, 0.1) is 0 Å². The fourth-order valence-electron chi connectivity index (χ4n) is 3.91. The second kappa shape index (κ2) is 11.8. The van der Waals surface area contributed by atoms with Gasteiger partial charge in [-0.2, -0.15) is 0 Å². The highest BCUT2D eigenvalue weighted by atomic mass is 127. The Morgan fingerprint density at radius 3 is 2.43 bits per heavy atom. The van der Waals surface area contributed by atoms with Gasteiger partial charge in [0.1, 0.15) is 0 Å². The highest BCUT2D eigenvalue weighted by Crippen LogP contribution is 2.24. The molecule has 2 saturated heterocycles. The predicted octanol–water partition coefficient (Wildman–Crippen LogP) is 3.54. The Morgan fingerprint density at radius 1 is 1.07 bits per heavy atom. The summed E-state index contributed by atoms with van der Waals surface area (Å²) in [5, 5.41) is 10.6. The van der Waals surface area contributed by atoms with Crippen molar-refractivity contribution in [1.82, 2.24) is 10.6 Å². The lowest BCUT2D eigenvalue weighted by Crippen LogP contribution is -2.48. The highest BCUT2D eigenvalue weighted by Gasteiger charge is 2.20. The first-order valence-corrected chi connectivity index (χ1v) is 11.4. The largest absolute Gasteiger partial charge is 0.378 e. The number of piperidine rings is 1. The van der Waals surface area contributed by atoms with E-state index in [1.807, 2.05) is 18.4 Å². The van der Waals surface area contributed by atoms with E-state index in [2.05, 4.69) is 67.2 Å². The number of aliphatic imine (C=N–C) groups is 1. The van der Waals surface area contributed by atoms with E-state index in [9.17, 15) is 0 Å². The van der Waals surface area contributed by atoms with E-state index >= 15 is 0 Å². The third kappa shape index (κ3) is 6.24. The minimum atomic E-state index is 0. The molecule has 3 heterocycles. The van der Waals surface area contributed by atoms with Gasteiger partial charge in [0.15, 0.2) is 5.96 Å². The van der Waals surface area contributed by atoms with Crippen LogP contribution in [0.5, 0.6) is 0 Å². The van der Waals surface area contributed by atoms with Crippen LogP contribution < -0.4 is 20.4 Å². The van der Waals surface area contributed by atoms with Crippen LogP contribution in [0.3, 0.4) is 0 Å².